The molecule has 1 unspecified atom stereocenters. The summed E-state index contributed by atoms with van der Waals surface area (Å²) in [6, 6.07) is 20.8. The molecule has 8 nitrogen and oxygen atoms in total. The number of hydrogen-bond donors (Lipinski definition) is 2. The fraction of sp³-hybridized carbons (Fsp3) is 0.207. The zero-order valence-electron chi connectivity index (χ0n) is 21.2. The monoisotopic (exact) mass is 531 g/mol. The van der Waals surface area contributed by atoms with Crippen molar-refractivity contribution >= 4 is 29.1 Å². The molecular weight excluding hydrogens is 502 g/mol. The number of nitrogens with one attached hydrogen (secondary N) is 2. The van der Waals surface area contributed by atoms with Crippen molar-refractivity contribution in [2.24, 2.45) is 0 Å². The van der Waals surface area contributed by atoms with Crippen molar-refractivity contribution < 1.29 is 23.5 Å². The first-order valence-corrected chi connectivity index (χ1v) is 12.9. The highest BCUT2D eigenvalue weighted by atomic mass is 32.1. The maximum Gasteiger partial charge on any atom is 0.261 e. The highest BCUT2D eigenvalue weighted by Gasteiger charge is 2.32. The predicted octanol–water partition coefficient (Wildman–Crippen LogP) is 4.47. The lowest BCUT2D eigenvalue weighted by Crippen LogP contribution is -2.46. The second-order valence-corrected chi connectivity index (χ2v) is 9.59. The van der Waals surface area contributed by atoms with E-state index in [0.29, 0.717) is 22.0 Å². The third-order valence-electron chi connectivity index (χ3n) is 5.95. The molecule has 0 saturated heterocycles. The van der Waals surface area contributed by atoms with Crippen LogP contribution in [0.4, 0.5) is 0 Å². The summed E-state index contributed by atoms with van der Waals surface area (Å²) in [4.78, 5) is 41.8. The van der Waals surface area contributed by atoms with Crippen LogP contribution in [0.15, 0.2) is 88.9 Å². The molecule has 2 aromatic carbocycles. The molecule has 0 bridgehead atoms. The van der Waals surface area contributed by atoms with Crippen LogP contribution in [0, 0.1) is 6.92 Å². The number of hydrogen-bond acceptors (Lipinski definition) is 6. The number of benzene rings is 2. The zero-order chi connectivity index (χ0) is 26.9. The van der Waals surface area contributed by atoms with Gasteiger partial charge >= 0.3 is 0 Å². The number of carbonyl (C=O) groups is 3. The van der Waals surface area contributed by atoms with Crippen LogP contribution in [-0.2, 0) is 22.7 Å². The minimum absolute atomic E-state index is 0.143. The number of aryl methyl sites for hydroxylation is 1. The van der Waals surface area contributed by atoms with Crippen LogP contribution in [0.3, 0.4) is 0 Å². The van der Waals surface area contributed by atoms with Crippen molar-refractivity contribution in [2.45, 2.75) is 26.1 Å². The predicted molar refractivity (Wildman–Crippen MR) is 145 cm³/mol. The van der Waals surface area contributed by atoms with Crippen molar-refractivity contribution in [2.75, 3.05) is 13.7 Å². The molecule has 4 aromatic rings. The molecule has 38 heavy (non-hydrogen) atoms. The van der Waals surface area contributed by atoms with E-state index in [1.165, 1.54) is 22.5 Å². The molecule has 0 spiro atoms. The SMILES string of the molecule is COc1ccc(CN(C(=O)CNC(=O)c2cccs2)C(C(=O)NCc2ccco2)c2ccc(C)cc2)cc1. The lowest BCUT2D eigenvalue weighted by molar-refractivity contribution is -0.141. The number of furan rings is 1. The van der Waals surface area contributed by atoms with Gasteiger partial charge in [-0.2, -0.15) is 0 Å². The first-order valence-electron chi connectivity index (χ1n) is 12.1. The second kappa shape index (κ2) is 12.7. The van der Waals surface area contributed by atoms with Gasteiger partial charge in [-0.05, 0) is 53.8 Å². The van der Waals surface area contributed by atoms with E-state index < -0.39 is 11.9 Å². The first-order chi connectivity index (χ1) is 18.4. The standard InChI is InChI=1S/C29H29N3O5S/c1-20-7-11-22(12-8-20)27(29(35)30-17-24-5-3-15-37-24)32(19-21-9-13-23(36-2)14-10-21)26(33)18-31-28(34)25-6-4-16-38-25/h3-16,27H,17-19H2,1-2H3,(H,30,35)(H,31,34). The van der Waals surface area contributed by atoms with Crippen LogP contribution >= 0.6 is 11.3 Å². The molecule has 3 amide bonds. The van der Waals surface area contributed by atoms with Crippen LogP contribution < -0.4 is 15.4 Å². The molecule has 4 rings (SSSR count). The van der Waals surface area contributed by atoms with Gasteiger partial charge in [0.25, 0.3) is 5.91 Å². The fourth-order valence-electron chi connectivity index (χ4n) is 3.91. The third-order valence-corrected chi connectivity index (χ3v) is 6.82. The summed E-state index contributed by atoms with van der Waals surface area (Å²) < 4.78 is 10.6. The smallest absolute Gasteiger partial charge is 0.261 e. The third kappa shape index (κ3) is 6.89. The Kier molecular flexibility index (Phi) is 8.94. The Morgan fingerprint density at radius 2 is 1.74 bits per heavy atom. The van der Waals surface area contributed by atoms with Gasteiger partial charge in [0.1, 0.15) is 17.6 Å². The summed E-state index contributed by atoms with van der Waals surface area (Å²) in [6.07, 6.45) is 1.54. The molecule has 0 saturated carbocycles. The first kappa shape index (κ1) is 26.7. The molecule has 196 valence electrons. The molecule has 2 N–H and O–H groups in total. The summed E-state index contributed by atoms with van der Waals surface area (Å²) in [5.74, 6) is 0.173. The summed E-state index contributed by atoms with van der Waals surface area (Å²) >= 11 is 1.29. The van der Waals surface area contributed by atoms with E-state index in [0.717, 1.165) is 11.1 Å². The van der Waals surface area contributed by atoms with Gasteiger partial charge in [0.05, 0.1) is 31.3 Å². The van der Waals surface area contributed by atoms with Crippen LogP contribution in [0.5, 0.6) is 5.75 Å². The Labute approximate surface area is 225 Å². The van der Waals surface area contributed by atoms with Crippen molar-refractivity contribution in [1.82, 2.24) is 15.5 Å². The van der Waals surface area contributed by atoms with Gasteiger partial charge in [-0.25, -0.2) is 0 Å². The summed E-state index contributed by atoms with van der Waals surface area (Å²) in [7, 11) is 1.58. The number of thiophene rings is 1. The lowest BCUT2D eigenvalue weighted by Gasteiger charge is -2.32. The summed E-state index contributed by atoms with van der Waals surface area (Å²) in [5, 5.41) is 7.38. The zero-order valence-corrected chi connectivity index (χ0v) is 22.0. The molecule has 0 aliphatic heterocycles. The van der Waals surface area contributed by atoms with E-state index >= 15 is 0 Å². The van der Waals surface area contributed by atoms with E-state index in [-0.39, 0.29) is 31.4 Å². The lowest BCUT2D eigenvalue weighted by atomic mass is 10.0. The Hall–Kier alpha value is -4.37. The average molecular weight is 532 g/mol. The fourth-order valence-corrected chi connectivity index (χ4v) is 4.55. The maximum absolute atomic E-state index is 13.7. The molecule has 0 aliphatic rings. The maximum atomic E-state index is 13.7. The van der Waals surface area contributed by atoms with Gasteiger partial charge in [-0.1, -0.05) is 48.0 Å². The number of rotatable bonds is 11. The van der Waals surface area contributed by atoms with Crippen molar-refractivity contribution in [3.63, 3.8) is 0 Å². The topological polar surface area (TPSA) is 101 Å². The van der Waals surface area contributed by atoms with Crippen LogP contribution in [0.25, 0.3) is 0 Å². The molecular formula is C29H29N3O5S. The van der Waals surface area contributed by atoms with Crippen LogP contribution in [-0.4, -0.2) is 36.3 Å². The molecule has 1 atom stereocenters. The van der Waals surface area contributed by atoms with E-state index in [1.807, 2.05) is 43.3 Å². The highest BCUT2D eigenvalue weighted by Crippen LogP contribution is 2.25. The minimum Gasteiger partial charge on any atom is -0.497 e. The normalized spacial score (nSPS) is 11.4. The van der Waals surface area contributed by atoms with Crippen molar-refractivity contribution in [3.05, 3.63) is 112 Å². The molecule has 2 aromatic heterocycles. The summed E-state index contributed by atoms with van der Waals surface area (Å²) in [5.41, 5.74) is 2.48. The largest absolute Gasteiger partial charge is 0.497 e. The van der Waals surface area contributed by atoms with E-state index in [1.54, 1.807) is 48.9 Å². The molecule has 2 heterocycles. The van der Waals surface area contributed by atoms with Gasteiger partial charge in [0, 0.05) is 6.54 Å². The van der Waals surface area contributed by atoms with Gasteiger partial charge in [-0.15, -0.1) is 11.3 Å². The van der Waals surface area contributed by atoms with Crippen molar-refractivity contribution in [3.8, 4) is 5.75 Å². The molecule has 9 heteroatoms. The molecule has 0 radical (unpaired) electrons. The van der Waals surface area contributed by atoms with Crippen molar-refractivity contribution in [1.29, 1.82) is 0 Å². The van der Waals surface area contributed by atoms with Crippen LogP contribution in [0.1, 0.15) is 38.2 Å². The molecule has 0 fully saturated rings. The Morgan fingerprint density at radius 3 is 2.37 bits per heavy atom. The second-order valence-electron chi connectivity index (χ2n) is 8.64. The Bertz CT molecular complexity index is 1330. The van der Waals surface area contributed by atoms with Crippen LogP contribution in [0.2, 0.25) is 0 Å². The number of ether oxygens (including phenoxy) is 1. The summed E-state index contributed by atoms with van der Waals surface area (Å²) in [6.45, 7) is 2.01. The molecule has 0 aliphatic carbocycles. The average Bonchev–Trinajstić information content (AvgIpc) is 3.66. The Morgan fingerprint density at radius 1 is 0.974 bits per heavy atom. The van der Waals surface area contributed by atoms with E-state index in [4.69, 9.17) is 9.15 Å². The van der Waals surface area contributed by atoms with E-state index in [9.17, 15) is 14.4 Å². The number of amides is 3. The highest BCUT2D eigenvalue weighted by molar-refractivity contribution is 7.12. The number of nitrogens with zero attached hydrogens (tertiary/aromatic N) is 1. The minimum atomic E-state index is -0.946. The van der Waals surface area contributed by atoms with Gasteiger partial charge < -0.3 is 24.7 Å². The quantitative estimate of drug-likeness (QED) is 0.297. The van der Waals surface area contributed by atoms with E-state index in [2.05, 4.69) is 10.6 Å². The number of methoxy groups -OCH3 is 1. The Balaban J connectivity index is 1.63. The van der Waals surface area contributed by atoms with Gasteiger partial charge in [-0.3, -0.25) is 14.4 Å². The van der Waals surface area contributed by atoms with Gasteiger partial charge in [0.2, 0.25) is 11.8 Å². The number of carbonyl (C=O) groups excluding carboxylic acids is 3. The van der Waals surface area contributed by atoms with Gasteiger partial charge in [0.15, 0.2) is 0 Å².